The highest BCUT2D eigenvalue weighted by molar-refractivity contribution is 6.15. The van der Waals surface area contributed by atoms with E-state index in [4.69, 9.17) is 0 Å². The highest BCUT2D eigenvalue weighted by Gasteiger charge is 2.41. The van der Waals surface area contributed by atoms with Crippen LogP contribution in [0.2, 0.25) is 0 Å². The summed E-state index contributed by atoms with van der Waals surface area (Å²) in [5.74, 6) is -0.734. The molecule has 0 N–H and O–H groups in total. The molecule has 0 spiro atoms. The number of fused-ring (bicyclic) bond motifs is 1. The molecule has 2 aromatic carbocycles. The monoisotopic (exact) mass is 348 g/mol. The van der Waals surface area contributed by atoms with Gasteiger partial charge in [0.2, 0.25) is 5.91 Å². The van der Waals surface area contributed by atoms with Gasteiger partial charge < -0.3 is 4.90 Å². The standard InChI is InChI=1S/C21H20N2O3/c24-19(12-17-11-10-16-8-4-5-9-18(16)17)23-20(25)14-22(21(23)26)13-15-6-2-1-3-7-15/h1-9,17H,10-14H2/t17-/m0/s1. The molecule has 0 unspecified atom stereocenters. The Bertz CT molecular complexity index is 863. The normalized spacial score (nSPS) is 19.2. The molecule has 1 fully saturated rings. The van der Waals surface area contributed by atoms with E-state index in [2.05, 4.69) is 6.07 Å². The van der Waals surface area contributed by atoms with Crippen molar-refractivity contribution in [2.75, 3.05) is 6.54 Å². The van der Waals surface area contributed by atoms with E-state index < -0.39 is 17.8 Å². The van der Waals surface area contributed by atoms with Gasteiger partial charge in [-0.2, -0.15) is 4.90 Å². The van der Waals surface area contributed by atoms with Gasteiger partial charge >= 0.3 is 6.03 Å². The molecule has 1 saturated heterocycles. The maximum absolute atomic E-state index is 12.7. The zero-order chi connectivity index (χ0) is 18.1. The Morgan fingerprint density at radius 1 is 1.00 bits per heavy atom. The number of imide groups is 3. The van der Waals surface area contributed by atoms with Crippen LogP contribution in [-0.2, 0) is 22.6 Å². The number of aryl methyl sites for hydroxylation is 1. The van der Waals surface area contributed by atoms with Gasteiger partial charge in [-0.1, -0.05) is 54.6 Å². The number of urea groups is 1. The summed E-state index contributed by atoms with van der Waals surface area (Å²) in [6.45, 7) is 0.294. The third kappa shape index (κ3) is 3.01. The highest BCUT2D eigenvalue weighted by Crippen LogP contribution is 2.36. The number of carbonyl (C=O) groups is 3. The number of nitrogens with zero attached hydrogens (tertiary/aromatic N) is 2. The molecule has 132 valence electrons. The Labute approximate surface area is 152 Å². The lowest BCUT2D eigenvalue weighted by Crippen LogP contribution is -2.38. The average Bonchev–Trinajstić information content (AvgIpc) is 3.17. The van der Waals surface area contributed by atoms with Crippen LogP contribution >= 0.6 is 0 Å². The van der Waals surface area contributed by atoms with E-state index in [0.717, 1.165) is 23.3 Å². The molecular weight excluding hydrogens is 328 g/mol. The number of rotatable bonds is 4. The molecule has 0 saturated carbocycles. The summed E-state index contributed by atoms with van der Waals surface area (Å²) < 4.78 is 0. The second-order valence-corrected chi connectivity index (χ2v) is 6.89. The summed E-state index contributed by atoms with van der Waals surface area (Å²) >= 11 is 0. The second-order valence-electron chi connectivity index (χ2n) is 6.89. The predicted octanol–water partition coefficient (Wildman–Crippen LogP) is 3.10. The van der Waals surface area contributed by atoms with E-state index in [1.165, 1.54) is 16.0 Å². The molecule has 5 nitrogen and oxygen atoms in total. The topological polar surface area (TPSA) is 57.7 Å². The zero-order valence-corrected chi connectivity index (χ0v) is 14.4. The van der Waals surface area contributed by atoms with Crippen molar-refractivity contribution >= 4 is 17.8 Å². The molecule has 0 aromatic heterocycles. The van der Waals surface area contributed by atoms with Gasteiger partial charge in [0.25, 0.3) is 5.91 Å². The van der Waals surface area contributed by atoms with Gasteiger partial charge in [-0.05, 0) is 35.4 Å². The number of carbonyl (C=O) groups excluding carboxylic acids is 3. The lowest BCUT2D eigenvalue weighted by atomic mass is 9.97. The molecule has 2 aromatic rings. The summed E-state index contributed by atoms with van der Waals surface area (Å²) in [6.07, 6.45) is 2.03. The summed E-state index contributed by atoms with van der Waals surface area (Å²) in [6, 6.07) is 17.0. The van der Waals surface area contributed by atoms with Gasteiger partial charge in [-0.15, -0.1) is 0 Å². The van der Waals surface area contributed by atoms with Crippen LogP contribution in [-0.4, -0.2) is 34.2 Å². The van der Waals surface area contributed by atoms with Crippen LogP contribution in [0.25, 0.3) is 0 Å². The van der Waals surface area contributed by atoms with Crippen molar-refractivity contribution in [3.05, 3.63) is 71.3 Å². The third-order valence-corrected chi connectivity index (χ3v) is 5.18. The van der Waals surface area contributed by atoms with Crippen molar-refractivity contribution < 1.29 is 14.4 Å². The zero-order valence-electron chi connectivity index (χ0n) is 14.4. The first-order valence-electron chi connectivity index (χ1n) is 8.90. The smallest absolute Gasteiger partial charge is 0.310 e. The van der Waals surface area contributed by atoms with Crippen molar-refractivity contribution in [2.24, 2.45) is 0 Å². The largest absolute Gasteiger partial charge is 0.334 e. The van der Waals surface area contributed by atoms with Gasteiger partial charge in [0.1, 0.15) is 6.54 Å². The quantitative estimate of drug-likeness (QED) is 0.798. The lowest BCUT2D eigenvalue weighted by Gasteiger charge is -2.18. The summed E-state index contributed by atoms with van der Waals surface area (Å²) in [7, 11) is 0. The first-order valence-corrected chi connectivity index (χ1v) is 8.90. The van der Waals surface area contributed by atoms with Gasteiger partial charge in [0.05, 0.1) is 0 Å². The number of benzene rings is 2. The Morgan fingerprint density at radius 2 is 1.73 bits per heavy atom. The molecule has 0 bridgehead atoms. The van der Waals surface area contributed by atoms with Gasteiger partial charge in [0.15, 0.2) is 0 Å². The Morgan fingerprint density at radius 3 is 2.54 bits per heavy atom. The summed E-state index contributed by atoms with van der Waals surface area (Å²) in [5.41, 5.74) is 3.36. The molecule has 26 heavy (non-hydrogen) atoms. The molecule has 2 aliphatic rings. The van der Waals surface area contributed by atoms with E-state index >= 15 is 0 Å². The van der Waals surface area contributed by atoms with Gasteiger partial charge in [-0.3, -0.25) is 9.59 Å². The molecule has 1 atom stereocenters. The van der Waals surface area contributed by atoms with Crippen molar-refractivity contribution in [3.63, 3.8) is 0 Å². The second kappa shape index (κ2) is 6.75. The van der Waals surface area contributed by atoms with Crippen LogP contribution < -0.4 is 0 Å². The van der Waals surface area contributed by atoms with Crippen molar-refractivity contribution in [1.82, 2.24) is 9.80 Å². The molecule has 0 radical (unpaired) electrons. The van der Waals surface area contributed by atoms with Crippen molar-refractivity contribution in [1.29, 1.82) is 0 Å². The van der Waals surface area contributed by atoms with Crippen molar-refractivity contribution in [2.45, 2.75) is 31.7 Å². The highest BCUT2D eigenvalue weighted by atomic mass is 16.2. The number of amides is 4. The van der Waals surface area contributed by atoms with Crippen LogP contribution in [0.5, 0.6) is 0 Å². The Hall–Kier alpha value is -2.95. The number of hydrogen-bond acceptors (Lipinski definition) is 3. The average molecular weight is 348 g/mol. The van der Waals surface area contributed by atoms with Crippen LogP contribution in [0.15, 0.2) is 54.6 Å². The molecule has 1 aliphatic heterocycles. The van der Waals surface area contributed by atoms with E-state index in [-0.39, 0.29) is 18.9 Å². The van der Waals surface area contributed by atoms with E-state index in [0.29, 0.717) is 6.54 Å². The minimum absolute atomic E-state index is 0.0410. The predicted molar refractivity (Wildman–Crippen MR) is 96.2 cm³/mol. The summed E-state index contributed by atoms with van der Waals surface area (Å²) in [5, 5.41) is 0. The van der Waals surface area contributed by atoms with E-state index in [1.54, 1.807) is 0 Å². The summed E-state index contributed by atoms with van der Waals surface area (Å²) in [4.78, 5) is 39.8. The number of hydrogen-bond donors (Lipinski definition) is 0. The lowest BCUT2D eigenvalue weighted by molar-refractivity contribution is -0.138. The van der Waals surface area contributed by atoms with Crippen LogP contribution in [0.1, 0.15) is 35.4 Å². The molecule has 4 amide bonds. The van der Waals surface area contributed by atoms with Crippen molar-refractivity contribution in [3.8, 4) is 0 Å². The third-order valence-electron chi connectivity index (χ3n) is 5.18. The Kier molecular flexibility index (Phi) is 4.29. The molecule has 4 rings (SSSR count). The molecule has 1 heterocycles. The van der Waals surface area contributed by atoms with Crippen LogP contribution in [0.4, 0.5) is 4.79 Å². The van der Waals surface area contributed by atoms with Gasteiger partial charge in [0, 0.05) is 13.0 Å². The first kappa shape index (κ1) is 16.5. The van der Waals surface area contributed by atoms with E-state index in [1.807, 2.05) is 48.5 Å². The SMILES string of the molecule is O=C(C[C@@H]1CCc2ccccc21)N1C(=O)CN(Cc2ccccc2)C1=O. The molecule has 5 heteroatoms. The first-order chi connectivity index (χ1) is 12.6. The van der Waals surface area contributed by atoms with Crippen LogP contribution in [0, 0.1) is 0 Å². The fourth-order valence-electron chi connectivity index (χ4n) is 3.88. The maximum atomic E-state index is 12.7. The minimum atomic E-state index is -0.505. The molecule has 1 aliphatic carbocycles. The van der Waals surface area contributed by atoms with E-state index in [9.17, 15) is 14.4 Å². The van der Waals surface area contributed by atoms with Crippen LogP contribution in [0.3, 0.4) is 0 Å². The van der Waals surface area contributed by atoms with Gasteiger partial charge in [-0.25, -0.2) is 4.79 Å². The fourth-order valence-corrected chi connectivity index (χ4v) is 3.88. The Balaban J connectivity index is 1.45. The maximum Gasteiger partial charge on any atom is 0.334 e. The molecular formula is C21H20N2O3. The fraction of sp³-hybridized carbons (Fsp3) is 0.286. The minimum Gasteiger partial charge on any atom is -0.310 e.